The number of halogens is 1. The highest BCUT2D eigenvalue weighted by atomic mass is 79.9. The van der Waals surface area contributed by atoms with E-state index in [0.29, 0.717) is 29.7 Å². The number of fused-ring (bicyclic) bond motifs is 1. The van der Waals surface area contributed by atoms with E-state index >= 15 is 0 Å². The molecule has 0 saturated heterocycles. The first kappa shape index (κ1) is 26.0. The van der Waals surface area contributed by atoms with Crippen LogP contribution in [0.3, 0.4) is 0 Å². The Balaban J connectivity index is 1.75. The van der Waals surface area contributed by atoms with E-state index in [9.17, 15) is 5.11 Å². The van der Waals surface area contributed by atoms with E-state index < -0.39 is 0 Å². The molecule has 8 heteroatoms. The number of methoxy groups -OCH3 is 1. The first-order chi connectivity index (χ1) is 17.5. The van der Waals surface area contributed by atoms with Crippen LogP contribution in [-0.2, 0) is 13.2 Å². The molecule has 0 aliphatic carbocycles. The molecule has 0 aliphatic heterocycles. The number of aliphatic hydroxyl groups excluding tert-OH is 2. The van der Waals surface area contributed by atoms with E-state index in [-0.39, 0.29) is 26.4 Å². The van der Waals surface area contributed by atoms with Crippen molar-refractivity contribution in [2.24, 2.45) is 0 Å². The summed E-state index contributed by atoms with van der Waals surface area (Å²) in [4.78, 5) is 4.97. The monoisotopic (exact) mass is 554 g/mol. The van der Waals surface area contributed by atoms with Gasteiger partial charge in [-0.1, -0.05) is 50.2 Å². The van der Waals surface area contributed by atoms with Crippen LogP contribution in [0.1, 0.15) is 30.9 Å². The van der Waals surface area contributed by atoms with Gasteiger partial charge in [0.1, 0.15) is 35.8 Å². The molecule has 0 atom stereocenters. The zero-order valence-corrected chi connectivity index (χ0v) is 22.3. The smallest absolute Gasteiger partial charge is 0.161 e. The SMILES string of the molecule is COc1cc(COc2ccccc2OCCO)c(Br)c2nc(-c3ccc(C(C)C)cc3)n(CCO)c12. The van der Waals surface area contributed by atoms with Crippen LogP contribution >= 0.6 is 15.9 Å². The molecule has 0 saturated carbocycles. The minimum atomic E-state index is -0.0766. The van der Waals surface area contributed by atoms with Crippen LogP contribution in [-0.4, -0.2) is 46.7 Å². The van der Waals surface area contributed by atoms with Crippen LogP contribution in [0, 0.1) is 0 Å². The Bertz CT molecular complexity index is 1320. The van der Waals surface area contributed by atoms with Gasteiger partial charge >= 0.3 is 0 Å². The number of rotatable bonds is 11. The largest absolute Gasteiger partial charge is 0.494 e. The summed E-state index contributed by atoms with van der Waals surface area (Å²) >= 11 is 3.74. The summed E-state index contributed by atoms with van der Waals surface area (Å²) < 4.78 is 20.2. The number of ether oxygens (including phenoxy) is 3. The lowest BCUT2D eigenvalue weighted by Gasteiger charge is -2.15. The Kier molecular flexibility index (Phi) is 8.51. The lowest BCUT2D eigenvalue weighted by molar-refractivity contribution is 0.192. The van der Waals surface area contributed by atoms with E-state index in [0.717, 1.165) is 32.5 Å². The average molecular weight is 555 g/mol. The molecule has 0 bridgehead atoms. The summed E-state index contributed by atoms with van der Waals surface area (Å²) in [7, 11) is 1.62. The maximum Gasteiger partial charge on any atom is 0.161 e. The molecule has 0 spiro atoms. The molecule has 1 heterocycles. The molecule has 0 fully saturated rings. The molecule has 190 valence electrons. The van der Waals surface area contributed by atoms with Crippen LogP contribution in [0.15, 0.2) is 59.1 Å². The first-order valence-corrected chi connectivity index (χ1v) is 12.7. The highest BCUT2D eigenvalue weighted by Crippen LogP contribution is 2.39. The molecule has 2 N–H and O–H groups in total. The van der Waals surface area contributed by atoms with Gasteiger partial charge in [0, 0.05) is 17.7 Å². The van der Waals surface area contributed by atoms with Crippen molar-refractivity contribution in [2.45, 2.75) is 32.9 Å². The van der Waals surface area contributed by atoms with E-state index in [1.54, 1.807) is 13.2 Å². The van der Waals surface area contributed by atoms with Crippen LogP contribution < -0.4 is 14.2 Å². The molecule has 4 rings (SSSR count). The first-order valence-electron chi connectivity index (χ1n) is 11.9. The van der Waals surface area contributed by atoms with Gasteiger partial charge in [-0.05, 0) is 45.6 Å². The third kappa shape index (κ3) is 5.36. The molecule has 0 radical (unpaired) electrons. The van der Waals surface area contributed by atoms with E-state index in [2.05, 4.69) is 54.0 Å². The van der Waals surface area contributed by atoms with E-state index in [1.165, 1.54) is 5.56 Å². The van der Waals surface area contributed by atoms with E-state index in [4.69, 9.17) is 24.3 Å². The number of imidazole rings is 1. The summed E-state index contributed by atoms with van der Waals surface area (Å²) in [6, 6.07) is 17.6. The van der Waals surface area contributed by atoms with Gasteiger partial charge in [-0.3, -0.25) is 0 Å². The molecule has 36 heavy (non-hydrogen) atoms. The molecule has 4 aromatic rings. The summed E-state index contributed by atoms with van der Waals surface area (Å²) in [5, 5.41) is 18.9. The fraction of sp³-hybridized carbons (Fsp3) is 0.321. The second kappa shape index (κ2) is 11.8. The maximum atomic E-state index is 9.82. The molecular formula is C28H31BrN2O5. The number of hydrogen-bond acceptors (Lipinski definition) is 6. The summed E-state index contributed by atoms with van der Waals surface area (Å²) in [6.07, 6.45) is 0. The third-order valence-electron chi connectivity index (χ3n) is 5.96. The van der Waals surface area contributed by atoms with Crippen molar-refractivity contribution in [1.29, 1.82) is 0 Å². The van der Waals surface area contributed by atoms with Crippen molar-refractivity contribution in [3.63, 3.8) is 0 Å². The zero-order valence-electron chi connectivity index (χ0n) is 20.7. The number of benzene rings is 3. The van der Waals surface area contributed by atoms with Gasteiger partial charge in [-0.2, -0.15) is 0 Å². The fourth-order valence-corrected chi connectivity index (χ4v) is 4.62. The van der Waals surface area contributed by atoms with Gasteiger partial charge in [0.05, 0.1) is 24.8 Å². The molecular weight excluding hydrogens is 524 g/mol. The number of aliphatic hydroxyl groups is 2. The summed E-state index contributed by atoms with van der Waals surface area (Å²) in [5.41, 5.74) is 4.60. The second-order valence-corrected chi connectivity index (χ2v) is 9.44. The van der Waals surface area contributed by atoms with Gasteiger partial charge in [0.25, 0.3) is 0 Å². The van der Waals surface area contributed by atoms with Crippen molar-refractivity contribution in [3.05, 3.63) is 70.2 Å². The fourth-order valence-electron chi connectivity index (χ4n) is 4.11. The van der Waals surface area contributed by atoms with Crippen molar-refractivity contribution < 1.29 is 24.4 Å². The minimum Gasteiger partial charge on any atom is -0.494 e. The van der Waals surface area contributed by atoms with Gasteiger partial charge in [-0.15, -0.1) is 0 Å². The Labute approximate surface area is 219 Å². The van der Waals surface area contributed by atoms with Crippen LogP contribution in [0.5, 0.6) is 17.2 Å². The number of hydrogen-bond donors (Lipinski definition) is 2. The lowest BCUT2D eigenvalue weighted by atomic mass is 10.0. The summed E-state index contributed by atoms with van der Waals surface area (Å²) in [6.45, 7) is 5.04. The van der Waals surface area contributed by atoms with Gasteiger partial charge in [0.15, 0.2) is 11.5 Å². The van der Waals surface area contributed by atoms with E-state index in [1.807, 2.05) is 28.8 Å². The van der Waals surface area contributed by atoms with Crippen molar-refractivity contribution in [2.75, 3.05) is 26.9 Å². The quantitative estimate of drug-likeness (QED) is 0.253. The Morgan fingerprint density at radius 1 is 0.944 bits per heavy atom. The average Bonchev–Trinajstić information content (AvgIpc) is 3.27. The summed E-state index contributed by atoms with van der Waals surface area (Å²) in [5.74, 6) is 2.98. The molecule has 0 aliphatic rings. The molecule has 0 unspecified atom stereocenters. The van der Waals surface area contributed by atoms with Crippen molar-refractivity contribution >= 4 is 27.0 Å². The number of para-hydroxylation sites is 2. The van der Waals surface area contributed by atoms with Gasteiger partial charge in [-0.25, -0.2) is 4.98 Å². The van der Waals surface area contributed by atoms with Crippen LogP contribution in [0.2, 0.25) is 0 Å². The standard InChI is InChI=1S/C28H31BrN2O5/c1-18(2)19-8-10-20(11-9-19)28-30-26-25(29)21(16-24(34-3)27(26)31(28)12-13-32)17-36-23-7-5-4-6-22(23)35-15-14-33/h4-11,16,18,32-33H,12-15,17H2,1-3H3. The molecule has 1 aromatic heterocycles. The normalized spacial score (nSPS) is 11.3. The zero-order chi connectivity index (χ0) is 25.7. The van der Waals surface area contributed by atoms with Crippen molar-refractivity contribution in [1.82, 2.24) is 9.55 Å². The third-order valence-corrected chi connectivity index (χ3v) is 6.84. The Morgan fingerprint density at radius 3 is 2.25 bits per heavy atom. The Hall–Kier alpha value is -3.07. The molecule has 0 amide bonds. The number of nitrogens with zero attached hydrogens (tertiary/aromatic N) is 2. The maximum absolute atomic E-state index is 9.82. The Morgan fingerprint density at radius 2 is 1.64 bits per heavy atom. The lowest BCUT2D eigenvalue weighted by Crippen LogP contribution is -2.06. The number of aromatic nitrogens is 2. The van der Waals surface area contributed by atoms with Crippen molar-refractivity contribution in [3.8, 4) is 28.6 Å². The minimum absolute atomic E-state index is 0.0290. The highest BCUT2D eigenvalue weighted by molar-refractivity contribution is 9.10. The van der Waals surface area contributed by atoms with Crippen LogP contribution in [0.4, 0.5) is 0 Å². The molecule has 7 nitrogen and oxygen atoms in total. The van der Waals surface area contributed by atoms with Gasteiger partial charge < -0.3 is 29.0 Å². The van der Waals surface area contributed by atoms with Gasteiger partial charge in [0.2, 0.25) is 0 Å². The van der Waals surface area contributed by atoms with Crippen LogP contribution in [0.25, 0.3) is 22.4 Å². The highest BCUT2D eigenvalue weighted by Gasteiger charge is 2.21. The predicted octanol–water partition coefficient (Wildman–Crippen LogP) is 5.54. The second-order valence-electron chi connectivity index (χ2n) is 8.64. The predicted molar refractivity (Wildman–Crippen MR) is 144 cm³/mol. The topological polar surface area (TPSA) is 86.0 Å². The molecule has 3 aromatic carbocycles.